The van der Waals surface area contributed by atoms with Gasteiger partial charge in [-0.25, -0.2) is 4.79 Å². The first-order valence-electron chi connectivity index (χ1n) is 11.6. The minimum atomic E-state index is -1.86. The summed E-state index contributed by atoms with van der Waals surface area (Å²) in [5.74, 6) is -2.07. The predicted octanol–water partition coefficient (Wildman–Crippen LogP) is -1.95. The predicted molar refractivity (Wildman–Crippen MR) is 136 cm³/mol. The van der Waals surface area contributed by atoms with Crippen molar-refractivity contribution in [1.82, 2.24) is 0 Å². The van der Waals surface area contributed by atoms with Gasteiger partial charge in [-0.2, -0.15) is 0 Å². The summed E-state index contributed by atoms with van der Waals surface area (Å²) in [4.78, 5) is 35.7. The Labute approximate surface area is 252 Å². The second-order valence-electron chi connectivity index (χ2n) is 8.47. The molecule has 13 heteroatoms. The number of allylic oxidation sites excluding steroid dienone is 2. The van der Waals surface area contributed by atoms with Crippen molar-refractivity contribution >= 4 is 29.7 Å². The van der Waals surface area contributed by atoms with E-state index in [0.29, 0.717) is 11.1 Å². The number of carbonyl (C=O) groups is 3. The molecule has 0 aliphatic carbocycles. The third kappa shape index (κ3) is 8.38. The van der Waals surface area contributed by atoms with Crippen LogP contribution in [0.3, 0.4) is 0 Å². The van der Waals surface area contributed by atoms with Gasteiger partial charge in [0.05, 0.1) is 20.6 Å². The third-order valence-corrected chi connectivity index (χ3v) is 5.72. The standard InChI is InChI=1S/C27H28O12.Na.H/c1-36-20-11-14(5-9-18(20)30)3-7-16(28)13-17(29)8-4-15-6-10-19(21(12-15)37-2)38-27-24(33)22(31)23(32)25(39-27)26(34)35;;/h3-12,22-25,27,30-33H,13H2,1-2H3,(H,34,35);;/q;+1;-1/b7-3+,8-4+;;/t22-,23-,24+,25-,27+;;/m0../s1. The first-order valence-corrected chi connectivity index (χ1v) is 11.6. The maximum atomic E-state index is 12.3. The van der Waals surface area contributed by atoms with Crippen LogP contribution in [0.15, 0.2) is 48.6 Å². The molecule has 1 aliphatic rings. The van der Waals surface area contributed by atoms with Crippen molar-refractivity contribution in [2.45, 2.75) is 37.1 Å². The molecule has 12 nitrogen and oxygen atoms in total. The molecule has 0 radical (unpaired) electrons. The van der Waals surface area contributed by atoms with Crippen molar-refractivity contribution in [3.63, 3.8) is 0 Å². The molecule has 0 spiro atoms. The molecule has 5 atom stereocenters. The summed E-state index contributed by atoms with van der Waals surface area (Å²) >= 11 is 0. The Hall–Kier alpha value is -3.23. The van der Waals surface area contributed by atoms with Crippen LogP contribution in [0, 0.1) is 0 Å². The van der Waals surface area contributed by atoms with Crippen LogP contribution in [0.4, 0.5) is 0 Å². The fourth-order valence-corrected chi connectivity index (χ4v) is 3.63. The second kappa shape index (κ2) is 15.0. The van der Waals surface area contributed by atoms with Crippen LogP contribution in [-0.4, -0.2) is 88.0 Å². The van der Waals surface area contributed by atoms with Gasteiger partial charge in [0.15, 0.2) is 40.7 Å². The summed E-state index contributed by atoms with van der Waals surface area (Å²) in [6, 6.07) is 8.96. The number of phenolic OH excluding ortho intramolecular Hbond substituents is 1. The molecule has 3 rings (SSSR count). The molecule has 5 N–H and O–H groups in total. The largest absolute Gasteiger partial charge is 1.00 e. The van der Waals surface area contributed by atoms with E-state index in [2.05, 4.69) is 0 Å². The SMILES string of the molecule is COc1cc(/C=C/C(=O)CC(=O)/C=C/c2ccc(O[C@@H]3O[C@H](C(=O)O)[C@@H](O)[C@H](O)[C@H]3O)c(OC)c2)ccc1O.[H-].[Na+]. The van der Waals surface area contributed by atoms with E-state index < -0.39 is 48.2 Å². The zero-order chi connectivity index (χ0) is 28.7. The molecular formula is C27H29NaO12. The van der Waals surface area contributed by atoms with Gasteiger partial charge in [0, 0.05) is 0 Å². The van der Waals surface area contributed by atoms with Gasteiger partial charge in [0.25, 0.3) is 0 Å². The zero-order valence-electron chi connectivity index (χ0n) is 23.0. The van der Waals surface area contributed by atoms with Gasteiger partial charge < -0.3 is 45.9 Å². The number of ketones is 2. The maximum Gasteiger partial charge on any atom is 1.00 e. The molecular weight excluding hydrogens is 539 g/mol. The molecule has 210 valence electrons. The van der Waals surface area contributed by atoms with E-state index in [1.54, 1.807) is 12.1 Å². The third-order valence-electron chi connectivity index (χ3n) is 5.72. The maximum absolute atomic E-state index is 12.3. The van der Waals surface area contributed by atoms with Crippen LogP contribution in [-0.2, 0) is 19.1 Å². The van der Waals surface area contributed by atoms with E-state index in [1.165, 1.54) is 62.8 Å². The van der Waals surface area contributed by atoms with Gasteiger partial charge in [-0.05, 0) is 47.5 Å². The normalized spacial score (nSPS) is 22.5. The fourth-order valence-electron chi connectivity index (χ4n) is 3.63. The smallest absolute Gasteiger partial charge is 1.00 e. The summed E-state index contributed by atoms with van der Waals surface area (Å²) in [7, 11) is 2.73. The molecule has 0 amide bonds. The Balaban J connectivity index is 0.00000420. The number of aromatic hydroxyl groups is 1. The number of hydrogen-bond acceptors (Lipinski definition) is 11. The molecule has 0 aromatic heterocycles. The van der Waals surface area contributed by atoms with Crippen molar-refractivity contribution in [2.24, 2.45) is 0 Å². The summed E-state index contributed by atoms with van der Waals surface area (Å²) in [6.45, 7) is 0. The monoisotopic (exact) mass is 568 g/mol. The number of ether oxygens (including phenoxy) is 4. The number of aliphatic hydroxyl groups is 3. The molecule has 1 heterocycles. The quantitative estimate of drug-likeness (QED) is 0.115. The minimum Gasteiger partial charge on any atom is -1.00 e. The molecule has 1 aliphatic heterocycles. The summed E-state index contributed by atoms with van der Waals surface area (Å²) in [5.41, 5.74) is 1.10. The van der Waals surface area contributed by atoms with Crippen molar-refractivity contribution < 1.29 is 89.8 Å². The van der Waals surface area contributed by atoms with E-state index >= 15 is 0 Å². The fraction of sp³-hybridized carbons (Fsp3) is 0.296. The van der Waals surface area contributed by atoms with Crippen LogP contribution in [0.5, 0.6) is 23.0 Å². The van der Waals surface area contributed by atoms with Crippen LogP contribution in [0.1, 0.15) is 19.0 Å². The Bertz CT molecular complexity index is 1280. The van der Waals surface area contributed by atoms with Crippen LogP contribution < -0.4 is 43.8 Å². The van der Waals surface area contributed by atoms with E-state index in [1.807, 2.05) is 0 Å². The van der Waals surface area contributed by atoms with Crippen LogP contribution >= 0.6 is 0 Å². The second-order valence-corrected chi connectivity index (χ2v) is 8.47. The summed E-state index contributed by atoms with van der Waals surface area (Å²) < 4.78 is 20.9. The van der Waals surface area contributed by atoms with Gasteiger partial charge in [0.2, 0.25) is 6.29 Å². The van der Waals surface area contributed by atoms with E-state index in [9.17, 15) is 39.9 Å². The number of aliphatic hydroxyl groups excluding tert-OH is 3. The van der Waals surface area contributed by atoms with Crippen molar-refractivity contribution in [2.75, 3.05) is 14.2 Å². The van der Waals surface area contributed by atoms with E-state index in [0.717, 1.165) is 0 Å². The Morgan fingerprint density at radius 1 is 0.850 bits per heavy atom. The zero-order valence-corrected chi connectivity index (χ0v) is 24.0. The number of rotatable bonds is 11. The van der Waals surface area contributed by atoms with Crippen molar-refractivity contribution in [3.8, 4) is 23.0 Å². The molecule has 1 saturated heterocycles. The first-order chi connectivity index (χ1) is 18.5. The average Bonchev–Trinajstić information content (AvgIpc) is 2.91. The number of phenols is 1. The molecule has 1 fully saturated rings. The van der Waals surface area contributed by atoms with Crippen LogP contribution in [0.25, 0.3) is 12.2 Å². The van der Waals surface area contributed by atoms with Gasteiger partial charge >= 0.3 is 35.5 Å². The number of carboxylic acid groups (broad SMARTS) is 1. The molecule has 40 heavy (non-hydrogen) atoms. The minimum absolute atomic E-state index is 0. The van der Waals surface area contributed by atoms with E-state index in [-0.39, 0.29) is 60.4 Å². The number of aliphatic carboxylic acids is 1. The molecule has 0 unspecified atom stereocenters. The first kappa shape index (κ1) is 33.0. The summed E-state index contributed by atoms with van der Waals surface area (Å²) in [5, 5.41) is 48.7. The average molecular weight is 569 g/mol. The summed E-state index contributed by atoms with van der Waals surface area (Å²) in [6.07, 6.45) is -3.85. The Morgan fingerprint density at radius 2 is 1.40 bits per heavy atom. The molecule has 2 aromatic carbocycles. The number of methoxy groups -OCH3 is 2. The van der Waals surface area contributed by atoms with Gasteiger partial charge in [-0.3, -0.25) is 9.59 Å². The van der Waals surface area contributed by atoms with Crippen molar-refractivity contribution in [3.05, 3.63) is 59.7 Å². The van der Waals surface area contributed by atoms with Gasteiger partial charge in [-0.15, -0.1) is 0 Å². The van der Waals surface area contributed by atoms with Gasteiger partial charge in [0.1, 0.15) is 18.3 Å². The van der Waals surface area contributed by atoms with Gasteiger partial charge in [-0.1, -0.05) is 24.3 Å². The van der Waals surface area contributed by atoms with Crippen LogP contribution in [0.2, 0.25) is 0 Å². The molecule has 0 bridgehead atoms. The number of benzene rings is 2. The Kier molecular flexibility index (Phi) is 12.3. The van der Waals surface area contributed by atoms with Crippen molar-refractivity contribution in [1.29, 1.82) is 0 Å². The number of hydrogen-bond donors (Lipinski definition) is 5. The number of carbonyl (C=O) groups excluding carboxylic acids is 2. The molecule has 0 saturated carbocycles. The molecule has 2 aromatic rings. The van der Waals surface area contributed by atoms with E-state index in [4.69, 9.17) is 18.9 Å². The topological polar surface area (TPSA) is 189 Å². The number of carboxylic acids is 1. The Morgan fingerprint density at radius 3 is 1.95 bits per heavy atom.